The van der Waals surface area contributed by atoms with Crippen molar-refractivity contribution in [3.8, 4) is 0 Å². The smallest absolute Gasteiger partial charge is 0.0244 e. The maximum atomic E-state index is 3.61. The Labute approximate surface area is 78.8 Å². The highest BCUT2D eigenvalue weighted by molar-refractivity contribution is 7.97. The van der Waals surface area contributed by atoms with Crippen molar-refractivity contribution in [1.29, 1.82) is 0 Å². The van der Waals surface area contributed by atoms with Gasteiger partial charge >= 0.3 is 0 Å². The van der Waals surface area contributed by atoms with Gasteiger partial charge in [0.15, 0.2) is 0 Å². The third-order valence-corrected chi connectivity index (χ3v) is 6.10. The summed E-state index contributed by atoms with van der Waals surface area (Å²) in [6.07, 6.45) is 4.42. The van der Waals surface area contributed by atoms with Crippen LogP contribution in [0.25, 0.3) is 0 Å². The van der Waals surface area contributed by atoms with Gasteiger partial charge in [-0.25, -0.2) is 0 Å². The molecular formula is C10H17NS. The first kappa shape index (κ1) is 7.69. The summed E-state index contributed by atoms with van der Waals surface area (Å²) >= 11 is 1.97. The molecule has 1 nitrogen and oxygen atoms in total. The van der Waals surface area contributed by atoms with E-state index >= 15 is 0 Å². The Hall–Kier alpha value is 0.310. The average molecular weight is 183 g/mol. The van der Waals surface area contributed by atoms with Crippen LogP contribution in [0.2, 0.25) is 0 Å². The number of rotatable bonds is 0. The Morgan fingerprint density at radius 3 is 2.92 bits per heavy atom. The SMILES string of the molecule is CC1(C)C2CCC13CSNC3C2. The maximum Gasteiger partial charge on any atom is 0.0244 e. The Morgan fingerprint density at radius 2 is 2.25 bits per heavy atom. The quantitative estimate of drug-likeness (QED) is 0.579. The standard InChI is InChI=1S/C10H17NS/c1-9(2)7-3-4-10(9)6-12-11-8(10)5-7/h7-8,11H,3-6H2,1-2H3. The molecule has 0 aromatic rings. The zero-order valence-corrected chi connectivity index (χ0v) is 8.71. The van der Waals surface area contributed by atoms with E-state index in [1.807, 2.05) is 11.9 Å². The summed E-state index contributed by atoms with van der Waals surface area (Å²) < 4.78 is 3.61. The molecule has 1 heterocycles. The molecule has 2 heteroatoms. The van der Waals surface area contributed by atoms with Crippen LogP contribution in [0.1, 0.15) is 33.1 Å². The first-order chi connectivity index (χ1) is 5.67. The van der Waals surface area contributed by atoms with Crippen LogP contribution in [0.15, 0.2) is 0 Å². The third-order valence-electron chi connectivity index (χ3n) is 4.99. The molecule has 68 valence electrons. The number of nitrogens with one attached hydrogen (secondary N) is 1. The lowest BCUT2D eigenvalue weighted by Gasteiger charge is -2.36. The highest BCUT2D eigenvalue weighted by atomic mass is 32.2. The lowest BCUT2D eigenvalue weighted by Crippen LogP contribution is -2.39. The second-order valence-electron chi connectivity index (χ2n) is 5.31. The first-order valence-electron chi connectivity index (χ1n) is 5.04. The molecule has 2 bridgehead atoms. The topological polar surface area (TPSA) is 12.0 Å². The highest BCUT2D eigenvalue weighted by Gasteiger charge is 2.65. The Balaban J connectivity index is 2.09. The molecule has 0 aromatic carbocycles. The molecular weight excluding hydrogens is 166 g/mol. The van der Waals surface area contributed by atoms with Gasteiger partial charge in [-0.3, -0.25) is 4.72 Å². The van der Waals surface area contributed by atoms with Crippen molar-refractivity contribution in [2.24, 2.45) is 16.7 Å². The molecule has 3 unspecified atom stereocenters. The van der Waals surface area contributed by atoms with E-state index in [-0.39, 0.29) is 0 Å². The fraction of sp³-hybridized carbons (Fsp3) is 1.00. The molecule has 0 amide bonds. The lowest BCUT2D eigenvalue weighted by molar-refractivity contribution is 0.147. The number of hydrogen-bond acceptors (Lipinski definition) is 2. The minimum Gasteiger partial charge on any atom is -0.260 e. The van der Waals surface area contributed by atoms with E-state index in [0.29, 0.717) is 10.8 Å². The molecule has 2 saturated carbocycles. The van der Waals surface area contributed by atoms with Gasteiger partial charge in [0.25, 0.3) is 0 Å². The molecule has 1 spiro atoms. The molecule has 2 aliphatic carbocycles. The highest BCUT2D eigenvalue weighted by Crippen LogP contribution is 2.68. The van der Waals surface area contributed by atoms with Gasteiger partial charge in [-0.15, -0.1) is 0 Å². The molecule has 1 aliphatic heterocycles. The molecule has 1 N–H and O–H groups in total. The first-order valence-corrected chi connectivity index (χ1v) is 6.03. The Morgan fingerprint density at radius 1 is 1.42 bits per heavy atom. The van der Waals surface area contributed by atoms with E-state index in [0.717, 1.165) is 12.0 Å². The molecule has 3 aliphatic rings. The van der Waals surface area contributed by atoms with Crippen LogP contribution in [0.4, 0.5) is 0 Å². The average Bonchev–Trinajstić information content (AvgIpc) is 2.60. The van der Waals surface area contributed by atoms with Crippen molar-refractivity contribution in [1.82, 2.24) is 4.72 Å². The monoisotopic (exact) mass is 183 g/mol. The zero-order chi connectivity index (χ0) is 8.40. The molecule has 0 aromatic heterocycles. The van der Waals surface area contributed by atoms with Crippen LogP contribution in [0.3, 0.4) is 0 Å². The molecule has 3 atom stereocenters. The van der Waals surface area contributed by atoms with Gasteiger partial charge in [-0.05, 0) is 30.6 Å². The summed E-state index contributed by atoms with van der Waals surface area (Å²) in [6.45, 7) is 5.00. The van der Waals surface area contributed by atoms with E-state index in [2.05, 4.69) is 18.6 Å². The predicted octanol–water partition coefficient (Wildman–Crippen LogP) is 2.43. The van der Waals surface area contributed by atoms with Gasteiger partial charge in [0.2, 0.25) is 0 Å². The Bertz CT molecular complexity index is 222. The van der Waals surface area contributed by atoms with E-state index in [1.54, 1.807) is 0 Å². The summed E-state index contributed by atoms with van der Waals surface area (Å²) in [5, 5.41) is 0. The van der Waals surface area contributed by atoms with Gasteiger partial charge in [0.05, 0.1) is 0 Å². The van der Waals surface area contributed by atoms with Crippen molar-refractivity contribution in [2.75, 3.05) is 5.75 Å². The van der Waals surface area contributed by atoms with Crippen molar-refractivity contribution in [2.45, 2.75) is 39.2 Å². The fourth-order valence-corrected chi connectivity index (χ4v) is 5.44. The summed E-state index contributed by atoms with van der Waals surface area (Å²) in [4.78, 5) is 0. The van der Waals surface area contributed by atoms with Gasteiger partial charge in [-0.2, -0.15) is 0 Å². The summed E-state index contributed by atoms with van der Waals surface area (Å²) in [5.41, 5.74) is 1.29. The largest absolute Gasteiger partial charge is 0.260 e. The normalized spacial score (nSPS) is 54.5. The van der Waals surface area contributed by atoms with Crippen LogP contribution in [0, 0.1) is 16.7 Å². The minimum absolute atomic E-state index is 0.619. The van der Waals surface area contributed by atoms with Crippen molar-refractivity contribution < 1.29 is 0 Å². The number of hydrogen-bond donors (Lipinski definition) is 1. The summed E-state index contributed by atoms with van der Waals surface area (Å²) in [5.74, 6) is 2.37. The van der Waals surface area contributed by atoms with E-state index in [9.17, 15) is 0 Å². The van der Waals surface area contributed by atoms with E-state index in [4.69, 9.17) is 0 Å². The second-order valence-corrected chi connectivity index (χ2v) is 6.12. The fourth-order valence-electron chi connectivity index (χ4n) is 3.86. The van der Waals surface area contributed by atoms with Crippen LogP contribution in [-0.2, 0) is 0 Å². The van der Waals surface area contributed by atoms with E-state index < -0.39 is 0 Å². The van der Waals surface area contributed by atoms with Crippen LogP contribution in [-0.4, -0.2) is 11.8 Å². The van der Waals surface area contributed by atoms with Crippen molar-refractivity contribution in [3.05, 3.63) is 0 Å². The Kier molecular flexibility index (Phi) is 1.30. The van der Waals surface area contributed by atoms with Crippen LogP contribution in [0.5, 0.6) is 0 Å². The van der Waals surface area contributed by atoms with Gasteiger partial charge in [0.1, 0.15) is 0 Å². The third kappa shape index (κ3) is 0.609. The zero-order valence-electron chi connectivity index (χ0n) is 7.89. The van der Waals surface area contributed by atoms with Gasteiger partial charge < -0.3 is 0 Å². The summed E-state index contributed by atoms with van der Waals surface area (Å²) in [7, 11) is 0. The van der Waals surface area contributed by atoms with Crippen molar-refractivity contribution in [3.63, 3.8) is 0 Å². The molecule has 0 radical (unpaired) electrons. The molecule has 12 heavy (non-hydrogen) atoms. The predicted molar refractivity (Wildman–Crippen MR) is 52.9 cm³/mol. The number of fused-ring (bicyclic) bond motifs is 1. The maximum absolute atomic E-state index is 3.61. The molecule has 3 rings (SSSR count). The second kappa shape index (κ2) is 2.03. The van der Waals surface area contributed by atoms with Crippen LogP contribution < -0.4 is 4.72 Å². The molecule has 1 saturated heterocycles. The molecule has 3 fully saturated rings. The minimum atomic E-state index is 0.619. The van der Waals surface area contributed by atoms with Gasteiger partial charge in [-0.1, -0.05) is 25.8 Å². The van der Waals surface area contributed by atoms with E-state index in [1.165, 1.54) is 25.0 Å². The van der Waals surface area contributed by atoms with Gasteiger partial charge in [0, 0.05) is 17.2 Å². The summed E-state index contributed by atoms with van der Waals surface area (Å²) in [6, 6.07) is 0.844. The lowest BCUT2D eigenvalue weighted by atomic mass is 9.69. The van der Waals surface area contributed by atoms with Crippen LogP contribution >= 0.6 is 11.9 Å². The van der Waals surface area contributed by atoms with Crippen molar-refractivity contribution >= 4 is 11.9 Å².